The highest BCUT2D eigenvalue weighted by atomic mass is 15.2. The summed E-state index contributed by atoms with van der Waals surface area (Å²) in [4.78, 5) is 11.8. The predicted octanol–water partition coefficient (Wildman–Crippen LogP) is 3.19. The van der Waals surface area contributed by atoms with Gasteiger partial charge in [0.25, 0.3) is 0 Å². The summed E-state index contributed by atoms with van der Waals surface area (Å²) in [6.45, 7) is 6.43. The molecule has 0 spiro atoms. The molecule has 0 amide bonds. The van der Waals surface area contributed by atoms with Crippen LogP contribution in [-0.4, -0.2) is 29.6 Å². The molecule has 5 heteroatoms. The van der Waals surface area contributed by atoms with Crippen molar-refractivity contribution in [2.24, 2.45) is 5.41 Å². The molecule has 0 atom stereocenters. The van der Waals surface area contributed by atoms with Gasteiger partial charge in [0, 0.05) is 19.6 Å². The number of nitriles is 1. The van der Waals surface area contributed by atoms with Crippen molar-refractivity contribution in [3.8, 4) is 6.07 Å². The SMILES string of the molecule is CC(C)(C#N)CNc1nc2ccccc2nc1N1CCCC1. The Balaban J connectivity index is 1.98. The van der Waals surface area contributed by atoms with Gasteiger partial charge in [-0.1, -0.05) is 12.1 Å². The molecule has 22 heavy (non-hydrogen) atoms. The Kier molecular flexibility index (Phi) is 3.84. The zero-order valence-electron chi connectivity index (χ0n) is 13.1. The van der Waals surface area contributed by atoms with Gasteiger partial charge in [-0.3, -0.25) is 0 Å². The maximum absolute atomic E-state index is 9.19. The molecular formula is C17H21N5. The smallest absolute Gasteiger partial charge is 0.172 e. The summed E-state index contributed by atoms with van der Waals surface area (Å²) in [5, 5.41) is 12.5. The van der Waals surface area contributed by atoms with Crippen molar-refractivity contribution in [2.75, 3.05) is 29.9 Å². The first kappa shape index (κ1) is 14.6. The minimum absolute atomic E-state index is 0.435. The molecule has 0 bridgehead atoms. The van der Waals surface area contributed by atoms with Crippen LogP contribution < -0.4 is 10.2 Å². The minimum atomic E-state index is -0.435. The molecule has 1 aromatic heterocycles. The maximum Gasteiger partial charge on any atom is 0.172 e. The van der Waals surface area contributed by atoms with Crippen molar-refractivity contribution in [2.45, 2.75) is 26.7 Å². The second-order valence-electron chi connectivity index (χ2n) is 6.43. The summed E-state index contributed by atoms with van der Waals surface area (Å²) in [5.74, 6) is 1.69. The van der Waals surface area contributed by atoms with Gasteiger partial charge < -0.3 is 10.2 Å². The van der Waals surface area contributed by atoms with Gasteiger partial charge in [-0.05, 0) is 38.8 Å². The number of hydrogen-bond acceptors (Lipinski definition) is 5. The Labute approximate surface area is 131 Å². The fraction of sp³-hybridized carbons (Fsp3) is 0.471. The van der Waals surface area contributed by atoms with Crippen molar-refractivity contribution >= 4 is 22.7 Å². The topological polar surface area (TPSA) is 64.8 Å². The second-order valence-corrected chi connectivity index (χ2v) is 6.43. The van der Waals surface area contributed by atoms with E-state index < -0.39 is 5.41 Å². The average Bonchev–Trinajstić information content (AvgIpc) is 3.06. The molecule has 0 aliphatic carbocycles. The van der Waals surface area contributed by atoms with E-state index in [-0.39, 0.29) is 0 Å². The van der Waals surface area contributed by atoms with Crippen LogP contribution in [0.5, 0.6) is 0 Å². The molecule has 114 valence electrons. The van der Waals surface area contributed by atoms with Crippen LogP contribution in [0.4, 0.5) is 11.6 Å². The summed E-state index contributed by atoms with van der Waals surface area (Å²) in [5.41, 5.74) is 1.35. The van der Waals surface area contributed by atoms with Gasteiger partial charge in [0.1, 0.15) is 0 Å². The highest BCUT2D eigenvalue weighted by molar-refractivity contribution is 5.80. The number of para-hydroxylation sites is 2. The van der Waals surface area contributed by atoms with Crippen LogP contribution in [0, 0.1) is 16.7 Å². The van der Waals surface area contributed by atoms with Gasteiger partial charge in [0.05, 0.1) is 22.5 Å². The van der Waals surface area contributed by atoms with Crippen LogP contribution in [0.25, 0.3) is 11.0 Å². The molecule has 2 aromatic rings. The molecule has 0 saturated carbocycles. The van der Waals surface area contributed by atoms with Crippen LogP contribution in [0.1, 0.15) is 26.7 Å². The first-order valence-corrected chi connectivity index (χ1v) is 7.76. The van der Waals surface area contributed by atoms with Crippen LogP contribution in [0.15, 0.2) is 24.3 Å². The van der Waals surface area contributed by atoms with E-state index in [4.69, 9.17) is 9.97 Å². The third kappa shape index (κ3) is 2.96. The zero-order chi connectivity index (χ0) is 15.6. The standard InChI is InChI=1S/C17H21N5/c1-17(2,11-18)12-19-15-16(22-9-5-6-10-22)21-14-8-4-3-7-13(14)20-15/h3-4,7-8H,5-6,9-10,12H2,1-2H3,(H,19,20). The molecule has 1 aliphatic rings. The molecule has 2 heterocycles. The average molecular weight is 295 g/mol. The number of benzene rings is 1. The lowest BCUT2D eigenvalue weighted by Crippen LogP contribution is -2.25. The van der Waals surface area contributed by atoms with Gasteiger partial charge in [-0.2, -0.15) is 5.26 Å². The fourth-order valence-corrected chi connectivity index (χ4v) is 2.60. The van der Waals surface area contributed by atoms with Crippen LogP contribution >= 0.6 is 0 Å². The van der Waals surface area contributed by atoms with Crippen LogP contribution in [-0.2, 0) is 0 Å². The summed E-state index contributed by atoms with van der Waals surface area (Å²) in [6, 6.07) is 10.2. The maximum atomic E-state index is 9.19. The monoisotopic (exact) mass is 295 g/mol. The van der Waals surface area contributed by atoms with Crippen molar-refractivity contribution in [3.05, 3.63) is 24.3 Å². The van der Waals surface area contributed by atoms with Gasteiger partial charge in [-0.15, -0.1) is 0 Å². The number of nitrogens with zero attached hydrogens (tertiary/aromatic N) is 4. The Morgan fingerprint density at radius 2 is 1.82 bits per heavy atom. The van der Waals surface area contributed by atoms with Gasteiger partial charge >= 0.3 is 0 Å². The molecule has 0 unspecified atom stereocenters. The number of aromatic nitrogens is 2. The molecule has 5 nitrogen and oxygen atoms in total. The third-order valence-electron chi connectivity index (χ3n) is 3.96. The van der Waals surface area contributed by atoms with Gasteiger partial charge in [0.15, 0.2) is 11.6 Å². The molecular weight excluding hydrogens is 274 g/mol. The summed E-state index contributed by atoms with van der Waals surface area (Å²) in [7, 11) is 0. The van der Waals surface area contributed by atoms with E-state index in [1.807, 2.05) is 38.1 Å². The van der Waals surface area contributed by atoms with E-state index in [2.05, 4.69) is 16.3 Å². The number of hydrogen-bond donors (Lipinski definition) is 1. The van der Waals surface area contributed by atoms with Crippen LogP contribution in [0.3, 0.4) is 0 Å². The second kappa shape index (κ2) is 5.80. The summed E-state index contributed by atoms with van der Waals surface area (Å²) < 4.78 is 0. The predicted molar refractivity (Wildman–Crippen MR) is 88.9 cm³/mol. The van der Waals surface area contributed by atoms with Crippen molar-refractivity contribution in [3.63, 3.8) is 0 Å². The Morgan fingerprint density at radius 3 is 2.45 bits per heavy atom. The Bertz CT molecular complexity index is 711. The Hall–Kier alpha value is -2.35. The number of fused-ring (bicyclic) bond motifs is 1. The molecule has 3 rings (SSSR count). The molecule has 1 aliphatic heterocycles. The lowest BCUT2D eigenvalue weighted by molar-refractivity contribution is 0.528. The van der Waals surface area contributed by atoms with E-state index in [0.29, 0.717) is 6.54 Å². The molecule has 1 N–H and O–H groups in total. The zero-order valence-corrected chi connectivity index (χ0v) is 13.1. The van der Waals surface area contributed by atoms with Crippen LogP contribution in [0.2, 0.25) is 0 Å². The molecule has 1 aromatic carbocycles. The quantitative estimate of drug-likeness (QED) is 0.938. The lowest BCUT2D eigenvalue weighted by atomic mass is 9.96. The van der Waals surface area contributed by atoms with E-state index in [1.165, 1.54) is 12.8 Å². The first-order valence-electron chi connectivity index (χ1n) is 7.76. The van der Waals surface area contributed by atoms with Gasteiger partial charge in [0.2, 0.25) is 0 Å². The fourth-order valence-electron chi connectivity index (χ4n) is 2.60. The van der Waals surface area contributed by atoms with E-state index in [9.17, 15) is 5.26 Å². The highest BCUT2D eigenvalue weighted by Crippen LogP contribution is 2.28. The number of anilines is 2. The van der Waals surface area contributed by atoms with Gasteiger partial charge in [-0.25, -0.2) is 9.97 Å². The van der Waals surface area contributed by atoms with Crippen molar-refractivity contribution in [1.82, 2.24) is 9.97 Å². The van der Waals surface area contributed by atoms with Crippen molar-refractivity contribution < 1.29 is 0 Å². The normalized spacial score (nSPS) is 15.0. The number of nitrogens with one attached hydrogen (secondary N) is 1. The molecule has 0 radical (unpaired) electrons. The number of rotatable bonds is 4. The van der Waals surface area contributed by atoms with Crippen molar-refractivity contribution in [1.29, 1.82) is 5.26 Å². The first-order chi connectivity index (χ1) is 10.6. The van der Waals surface area contributed by atoms with E-state index >= 15 is 0 Å². The summed E-state index contributed by atoms with van der Waals surface area (Å²) >= 11 is 0. The molecule has 1 saturated heterocycles. The van der Waals surface area contributed by atoms with E-state index in [0.717, 1.165) is 35.8 Å². The lowest BCUT2D eigenvalue weighted by Gasteiger charge is -2.22. The molecule has 1 fully saturated rings. The highest BCUT2D eigenvalue weighted by Gasteiger charge is 2.22. The van der Waals surface area contributed by atoms with E-state index in [1.54, 1.807) is 0 Å². The minimum Gasteiger partial charge on any atom is -0.365 e. The third-order valence-corrected chi connectivity index (χ3v) is 3.96. The summed E-state index contributed by atoms with van der Waals surface area (Å²) in [6.07, 6.45) is 2.38. The largest absolute Gasteiger partial charge is 0.365 e. The Morgan fingerprint density at radius 1 is 1.18 bits per heavy atom.